The van der Waals surface area contributed by atoms with Crippen LogP contribution in [0.1, 0.15) is 33.1 Å². The Balaban J connectivity index is 5.27. The van der Waals surface area contributed by atoms with E-state index >= 15 is 0 Å². The zero-order valence-corrected chi connectivity index (χ0v) is 18.6. The Bertz CT molecular complexity index is 635. The molecule has 0 radical (unpaired) electrons. The lowest BCUT2D eigenvalue weighted by Crippen LogP contribution is -2.58. The van der Waals surface area contributed by atoms with Crippen molar-refractivity contribution in [3.63, 3.8) is 0 Å². The summed E-state index contributed by atoms with van der Waals surface area (Å²) in [7, 11) is 0. The molecule has 5 atom stereocenters. The maximum absolute atomic E-state index is 12.6. The van der Waals surface area contributed by atoms with Crippen LogP contribution in [0.2, 0.25) is 0 Å². The number of carboxylic acid groups (broad SMARTS) is 2. The van der Waals surface area contributed by atoms with Crippen molar-refractivity contribution in [2.24, 2.45) is 11.7 Å². The third-order valence-corrected chi connectivity index (χ3v) is 5.18. The molecule has 0 heterocycles. The molecule has 5 unspecified atom stereocenters. The standard InChI is InChI=1S/C17H30N4O7S2/c1-3-8(2)13(18)16(26)19-9(4-5-12(22)23)14(24)20-10(6-29)15(25)21-11(7-30)17(27)28/h8-11,13,29-30H,3-7,18H2,1-2H3,(H,19,26)(H,20,24)(H,21,25)(H,22,23)(H,27,28). The van der Waals surface area contributed by atoms with Gasteiger partial charge in [-0.3, -0.25) is 19.2 Å². The summed E-state index contributed by atoms with van der Waals surface area (Å²) in [6, 6.07) is -4.63. The van der Waals surface area contributed by atoms with Gasteiger partial charge in [0.25, 0.3) is 0 Å². The summed E-state index contributed by atoms with van der Waals surface area (Å²) in [5.41, 5.74) is 5.85. The molecule has 0 aromatic rings. The van der Waals surface area contributed by atoms with E-state index in [1.807, 2.05) is 6.92 Å². The van der Waals surface area contributed by atoms with Gasteiger partial charge in [-0.15, -0.1) is 0 Å². The maximum Gasteiger partial charge on any atom is 0.327 e. The highest BCUT2D eigenvalue weighted by molar-refractivity contribution is 7.80. The Morgan fingerprint density at radius 3 is 1.77 bits per heavy atom. The molecule has 0 aromatic heterocycles. The van der Waals surface area contributed by atoms with E-state index in [-0.39, 0.29) is 23.8 Å². The van der Waals surface area contributed by atoms with Crippen molar-refractivity contribution in [3.05, 3.63) is 0 Å². The molecule has 0 rings (SSSR count). The second kappa shape index (κ2) is 14.1. The van der Waals surface area contributed by atoms with E-state index in [4.69, 9.17) is 15.9 Å². The van der Waals surface area contributed by atoms with Crippen molar-refractivity contribution in [3.8, 4) is 0 Å². The van der Waals surface area contributed by atoms with Crippen LogP contribution in [0.5, 0.6) is 0 Å². The first-order valence-corrected chi connectivity index (χ1v) is 10.6. The van der Waals surface area contributed by atoms with E-state index in [2.05, 4.69) is 41.2 Å². The zero-order valence-electron chi connectivity index (χ0n) is 16.8. The fourth-order valence-corrected chi connectivity index (χ4v) is 2.75. The predicted octanol–water partition coefficient (Wildman–Crippen LogP) is -1.38. The molecule has 0 spiro atoms. The van der Waals surface area contributed by atoms with Crippen molar-refractivity contribution in [1.29, 1.82) is 0 Å². The molecule has 0 aliphatic carbocycles. The van der Waals surface area contributed by atoms with Crippen LogP contribution in [0, 0.1) is 5.92 Å². The van der Waals surface area contributed by atoms with Crippen molar-refractivity contribution in [1.82, 2.24) is 16.0 Å². The molecular formula is C17H30N4O7S2. The third kappa shape index (κ3) is 9.67. The van der Waals surface area contributed by atoms with Crippen molar-refractivity contribution in [2.75, 3.05) is 11.5 Å². The summed E-state index contributed by atoms with van der Waals surface area (Å²) in [6.45, 7) is 3.61. The fraction of sp³-hybridized carbons (Fsp3) is 0.706. The number of thiol groups is 2. The molecule has 0 aliphatic heterocycles. The number of carboxylic acids is 2. The van der Waals surface area contributed by atoms with E-state index in [9.17, 15) is 24.0 Å². The second-order valence-electron chi connectivity index (χ2n) is 6.73. The average Bonchev–Trinajstić information content (AvgIpc) is 2.70. The van der Waals surface area contributed by atoms with Crippen LogP contribution in [0.3, 0.4) is 0 Å². The minimum atomic E-state index is -1.30. The molecule has 0 saturated heterocycles. The van der Waals surface area contributed by atoms with Crippen LogP contribution in [0.15, 0.2) is 0 Å². The number of hydrogen-bond acceptors (Lipinski definition) is 8. The summed E-state index contributed by atoms with van der Waals surface area (Å²) in [5.74, 6) is -5.21. The molecule has 0 fully saturated rings. The molecule has 7 N–H and O–H groups in total. The summed E-state index contributed by atoms with van der Waals surface area (Å²) in [6.07, 6.45) is -0.0107. The quantitative estimate of drug-likeness (QED) is 0.144. The minimum absolute atomic E-state index is 0.164. The Labute approximate surface area is 185 Å². The van der Waals surface area contributed by atoms with Gasteiger partial charge < -0.3 is 31.9 Å². The minimum Gasteiger partial charge on any atom is -0.481 e. The van der Waals surface area contributed by atoms with Gasteiger partial charge in [0, 0.05) is 17.9 Å². The smallest absolute Gasteiger partial charge is 0.327 e. The topological polar surface area (TPSA) is 188 Å². The van der Waals surface area contributed by atoms with Crippen LogP contribution >= 0.6 is 25.3 Å². The molecule has 13 heteroatoms. The number of carbonyl (C=O) groups excluding carboxylic acids is 3. The van der Waals surface area contributed by atoms with E-state index in [0.29, 0.717) is 6.42 Å². The zero-order chi connectivity index (χ0) is 23.4. The molecule has 3 amide bonds. The number of amides is 3. The normalized spacial score (nSPS) is 15.8. The van der Waals surface area contributed by atoms with Crippen LogP contribution in [-0.2, 0) is 24.0 Å². The van der Waals surface area contributed by atoms with Crippen LogP contribution in [0.25, 0.3) is 0 Å². The summed E-state index contributed by atoms with van der Waals surface area (Å²) in [4.78, 5) is 59.1. The number of nitrogens with two attached hydrogens (primary N) is 1. The maximum atomic E-state index is 12.6. The van der Waals surface area contributed by atoms with Crippen molar-refractivity contribution >= 4 is 54.9 Å². The van der Waals surface area contributed by atoms with Gasteiger partial charge in [0.15, 0.2) is 0 Å². The Morgan fingerprint density at radius 2 is 1.33 bits per heavy atom. The average molecular weight is 467 g/mol. The molecule has 0 bridgehead atoms. The molecule has 172 valence electrons. The summed E-state index contributed by atoms with van der Waals surface area (Å²) >= 11 is 7.83. The molecular weight excluding hydrogens is 436 g/mol. The van der Waals surface area contributed by atoms with Gasteiger partial charge in [0.05, 0.1) is 6.04 Å². The van der Waals surface area contributed by atoms with Gasteiger partial charge in [-0.25, -0.2) is 4.79 Å². The Morgan fingerprint density at radius 1 is 0.867 bits per heavy atom. The SMILES string of the molecule is CCC(C)C(N)C(=O)NC(CCC(=O)O)C(=O)NC(CS)C(=O)NC(CS)C(=O)O. The van der Waals surface area contributed by atoms with E-state index in [0.717, 1.165) is 0 Å². The number of hydrogen-bond donors (Lipinski definition) is 8. The lowest BCUT2D eigenvalue weighted by atomic mass is 9.98. The van der Waals surface area contributed by atoms with E-state index in [1.54, 1.807) is 6.92 Å². The molecule has 0 aromatic carbocycles. The lowest BCUT2D eigenvalue weighted by molar-refractivity contribution is -0.141. The van der Waals surface area contributed by atoms with Gasteiger partial charge in [-0.1, -0.05) is 20.3 Å². The largest absolute Gasteiger partial charge is 0.481 e. The highest BCUT2D eigenvalue weighted by Crippen LogP contribution is 2.07. The van der Waals surface area contributed by atoms with E-state index in [1.165, 1.54) is 0 Å². The highest BCUT2D eigenvalue weighted by Gasteiger charge is 2.30. The summed E-state index contributed by atoms with van der Waals surface area (Å²) in [5, 5.41) is 24.9. The van der Waals surface area contributed by atoms with Gasteiger partial charge in [-0.2, -0.15) is 25.3 Å². The van der Waals surface area contributed by atoms with Gasteiger partial charge in [0.1, 0.15) is 18.1 Å². The first-order valence-electron chi connectivity index (χ1n) is 9.31. The summed E-state index contributed by atoms with van der Waals surface area (Å²) < 4.78 is 0. The number of nitrogens with one attached hydrogen (secondary N) is 3. The number of carbonyl (C=O) groups is 5. The van der Waals surface area contributed by atoms with Gasteiger partial charge in [-0.05, 0) is 12.3 Å². The second-order valence-corrected chi connectivity index (χ2v) is 7.46. The first kappa shape index (κ1) is 28.0. The monoisotopic (exact) mass is 466 g/mol. The number of aliphatic carboxylic acids is 2. The van der Waals surface area contributed by atoms with E-state index < -0.39 is 60.2 Å². The predicted molar refractivity (Wildman–Crippen MR) is 115 cm³/mol. The van der Waals surface area contributed by atoms with Crippen molar-refractivity contribution < 1.29 is 34.2 Å². The third-order valence-electron chi connectivity index (χ3n) is 4.45. The number of rotatable bonds is 14. The Kier molecular flexibility index (Phi) is 13.2. The van der Waals surface area contributed by atoms with Crippen LogP contribution < -0.4 is 21.7 Å². The van der Waals surface area contributed by atoms with Gasteiger partial charge in [0.2, 0.25) is 17.7 Å². The van der Waals surface area contributed by atoms with Gasteiger partial charge >= 0.3 is 11.9 Å². The molecule has 30 heavy (non-hydrogen) atoms. The Hall–Kier alpha value is -1.99. The van der Waals surface area contributed by atoms with Crippen LogP contribution in [0.4, 0.5) is 0 Å². The molecule has 11 nitrogen and oxygen atoms in total. The first-order chi connectivity index (χ1) is 14.0. The van der Waals surface area contributed by atoms with Crippen LogP contribution in [-0.4, -0.2) is 75.5 Å². The lowest BCUT2D eigenvalue weighted by Gasteiger charge is -2.25. The molecule has 0 saturated carbocycles. The highest BCUT2D eigenvalue weighted by atomic mass is 32.1. The fourth-order valence-electron chi connectivity index (χ4n) is 2.24. The van der Waals surface area contributed by atoms with Crippen molar-refractivity contribution in [2.45, 2.75) is 57.3 Å². The molecule has 0 aliphatic rings.